The largest absolute Gasteiger partial charge is 0.508 e. The van der Waals surface area contributed by atoms with Gasteiger partial charge in [-0.3, -0.25) is 9.59 Å². The SMILES string of the molecule is Cc1cc(Oc2cccc(O)c2)cc2c1C(CC(=O)O)OB2O.Cc1cccc(Oc2cc(C)c3c(c2)B(O)OC3CC(=O)O)c1. The first-order valence-corrected chi connectivity index (χ1v) is 14.5. The Balaban J connectivity index is 0.000000181. The number of carbonyl (C=O) groups is 2. The van der Waals surface area contributed by atoms with Crippen LogP contribution in [-0.4, -0.2) is 51.5 Å². The molecule has 2 unspecified atom stereocenters. The maximum absolute atomic E-state index is 10.9. The Morgan fingerprint density at radius 1 is 0.674 bits per heavy atom. The standard InChI is InChI=1S/C17H17BO5.C16H15BO6/c1-10-4-3-5-12(6-10)22-13-7-11(2)17-14(8-13)18(21)23-15(17)9-16(19)20;1-9-5-12(22-11-4-2-3-10(18)6-11)7-13-16(9)14(8-15(19)20)23-17(13)21/h3-8,15,21H,9H2,1-2H3,(H,19,20);2-7,14,18,21H,8H2,1H3,(H,19,20). The van der Waals surface area contributed by atoms with Crippen LogP contribution >= 0.6 is 0 Å². The van der Waals surface area contributed by atoms with Gasteiger partial charge in [-0.1, -0.05) is 18.2 Å². The summed E-state index contributed by atoms with van der Waals surface area (Å²) in [5.74, 6) is 0.366. The number of hydrogen-bond donors (Lipinski definition) is 5. The number of phenols is 1. The lowest BCUT2D eigenvalue weighted by Gasteiger charge is -2.14. The van der Waals surface area contributed by atoms with Crippen molar-refractivity contribution in [2.24, 2.45) is 0 Å². The van der Waals surface area contributed by atoms with Gasteiger partial charge in [-0.05, 0) is 108 Å². The van der Waals surface area contributed by atoms with Crippen LogP contribution in [-0.2, 0) is 18.9 Å². The van der Waals surface area contributed by atoms with Crippen molar-refractivity contribution in [3.8, 4) is 28.7 Å². The van der Waals surface area contributed by atoms with Crippen LogP contribution in [0.15, 0.2) is 72.8 Å². The summed E-state index contributed by atoms with van der Waals surface area (Å²) in [7, 11) is -2.31. The van der Waals surface area contributed by atoms with Crippen LogP contribution in [0.1, 0.15) is 52.9 Å². The molecule has 4 aromatic carbocycles. The highest BCUT2D eigenvalue weighted by atomic mass is 16.5. The van der Waals surface area contributed by atoms with Crippen molar-refractivity contribution in [1.29, 1.82) is 0 Å². The number of aromatic hydroxyl groups is 1. The molecular formula is C33H32B2O11. The first-order chi connectivity index (χ1) is 21.9. The fraction of sp³-hybridized carbons (Fsp3) is 0.212. The molecule has 0 spiro atoms. The summed E-state index contributed by atoms with van der Waals surface area (Å²) in [6.07, 6.45) is -1.70. The van der Waals surface area contributed by atoms with E-state index < -0.39 is 38.4 Å². The maximum atomic E-state index is 10.9. The number of rotatable bonds is 8. The number of benzene rings is 4. The number of carboxylic acids is 2. The summed E-state index contributed by atoms with van der Waals surface area (Å²) < 4.78 is 22.2. The third-order valence-corrected chi connectivity index (χ3v) is 7.55. The Morgan fingerprint density at radius 2 is 1.13 bits per heavy atom. The topological polar surface area (TPSA) is 172 Å². The average molecular weight is 626 g/mol. The second kappa shape index (κ2) is 13.7. The third-order valence-electron chi connectivity index (χ3n) is 7.55. The number of fused-ring (bicyclic) bond motifs is 2. The molecule has 11 nitrogen and oxygen atoms in total. The molecule has 236 valence electrons. The van der Waals surface area contributed by atoms with Crippen LogP contribution < -0.4 is 20.4 Å². The summed E-state index contributed by atoms with van der Waals surface area (Å²) in [6.45, 7) is 5.65. The lowest BCUT2D eigenvalue weighted by molar-refractivity contribution is -0.140. The van der Waals surface area contributed by atoms with E-state index in [2.05, 4.69) is 0 Å². The summed E-state index contributed by atoms with van der Waals surface area (Å²) in [5.41, 5.74) is 5.20. The lowest BCUT2D eigenvalue weighted by atomic mass is 9.77. The van der Waals surface area contributed by atoms with Crippen LogP contribution in [0, 0.1) is 20.8 Å². The number of carboxylic acid groups (broad SMARTS) is 2. The van der Waals surface area contributed by atoms with Gasteiger partial charge in [0, 0.05) is 6.07 Å². The summed E-state index contributed by atoms with van der Waals surface area (Å²) >= 11 is 0. The Kier molecular flexibility index (Phi) is 9.68. The van der Waals surface area contributed by atoms with Gasteiger partial charge in [-0.15, -0.1) is 0 Å². The third kappa shape index (κ3) is 7.52. The minimum absolute atomic E-state index is 0.0882. The molecule has 0 bridgehead atoms. The summed E-state index contributed by atoms with van der Waals surface area (Å²) in [4.78, 5) is 21.8. The van der Waals surface area contributed by atoms with E-state index in [1.54, 1.807) is 30.3 Å². The summed E-state index contributed by atoms with van der Waals surface area (Å²) in [5, 5.41) is 47.4. The smallest absolute Gasteiger partial charge is 0.492 e. The Morgan fingerprint density at radius 3 is 1.57 bits per heavy atom. The van der Waals surface area contributed by atoms with Crippen molar-refractivity contribution in [3.63, 3.8) is 0 Å². The van der Waals surface area contributed by atoms with Crippen molar-refractivity contribution in [1.82, 2.24) is 0 Å². The molecule has 0 saturated carbocycles. The van der Waals surface area contributed by atoms with Gasteiger partial charge in [-0.25, -0.2) is 0 Å². The molecule has 0 aromatic heterocycles. The number of aliphatic carboxylic acids is 2. The van der Waals surface area contributed by atoms with E-state index in [-0.39, 0.29) is 18.6 Å². The molecule has 6 rings (SSSR count). The van der Waals surface area contributed by atoms with E-state index >= 15 is 0 Å². The number of phenolic OH excluding ortho intramolecular Hbond substituents is 1. The second-order valence-corrected chi connectivity index (χ2v) is 11.2. The fourth-order valence-electron chi connectivity index (χ4n) is 5.70. The first-order valence-electron chi connectivity index (χ1n) is 14.5. The zero-order chi connectivity index (χ0) is 33.1. The van der Waals surface area contributed by atoms with E-state index in [0.717, 1.165) is 22.3 Å². The predicted molar refractivity (Wildman–Crippen MR) is 169 cm³/mol. The van der Waals surface area contributed by atoms with Crippen LogP contribution in [0.2, 0.25) is 0 Å². The van der Waals surface area contributed by atoms with Gasteiger partial charge in [0.05, 0.1) is 25.0 Å². The average Bonchev–Trinajstić information content (AvgIpc) is 3.43. The zero-order valence-corrected chi connectivity index (χ0v) is 25.3. The zero-order valence-electron chi connectivity index (χ0n) is 25.3. The molecular weight excluding hydrogens is 594 g/mol. The van der Waals surface area contributed by atoms with Crippen LogP contribution in [0.25, 0.3) is 0 Å². The van der Waals surface area contributed by atoms with Gasteiger partial charge in [0.1, 0.15) is 28.7 Å². The quantitative estimate of drug-likeness (QED) is 0.179. The Bertz CT molecular complexity index is 1650. The minimum atomic E-state index is -1.18. The molecule has 0 amide bonds. The fourth-order valence-corrected chi connectivity index (χ4v) is 5.70. The molecule has 0 radical (unpaired) electrons. The highest BCUT2D eigenvalue weighted by molar-refractivity contribution is 6.62. The van der Waals surface area contributed by atoms with Crippen LogP contribution in [0.5, 0.6) is 28.7 Å². The number of aryl methyl sites for hydroxylation is 3. The molecule has 2 atom stereocenters. The lowest BCUT2D eigenvalue weighted by Crippen LogP contribution is -2.28. The van der Waals surface area contributed by atoms with Gasteiger partial charge in [0.2, 0.25) is 0 Å². The van der Waals surface area contributed by atoms with E-state index in [1.165, 1.54) is 12.1 Å². The number of hydrogen-bond acceptors (Lipinski definition) is 9. The van der Waals surface area contributed by atoms with Crippen molar-refractivity contribution in [2.75, 3.05) is 0 Å². The highest BCUT2D eigenvalue weighted by Gasteiger charge is 2.39. The minimum Gasteiger partial charge on any atom is -0.508 e. The van der Waals surface area contributed by atoms with Gasteiger partial charge in [0.15, 0.2) is 0 Å². The molecule has 0 saturated heterocycles. The second-order valence-electron chi connectivity index (χ2n) is 11.2. The Labute approximate surface area is 265 Å². The molecule has 2 heterocycles. The van der Waals surface area contributed by atoms with E-state index in [1.807, 2.05) is 51.1 Å². The first kappa shape index (κ1) is 32.6. The van der Waals surface area contributed by atoms with Gasteiger partial charge in [0.25, 0.3) is 0 Å². The van der Waals surface area contributed by atoms with Crippen molar-refractivity contribution in [3.05, 3.63) is 101 Å². The van der Waals surface area contributed by atoms with E-state index in [4.69, 9.17) is 29.0 Å². The monoisotopic (exact) mass is 626 g/mol. The molecule has 46 heavy (non-hydrogen) atoms. The maximum Gasteiger partial charge on any atom is 0.492 e. The molecule has 0 aliphatic carbocycles. The van der Waals surface area contributed by atoms with Crippen molar-refractivity contribution in [2.45, 2.75) is 45.8 Å². The van der Waals surface area contributed by atoms with Crippen molar-refractivity contribution >= 4 is 37.1 Å². The van der Waals surface area contributed by atoms with E-state index in [9.17, 15) is 24.7 Å². The molecule has 0 fully saturated rings. The van der Waals surface area contributed by atoms with Gasteiger partial charge >= 0.3 is 26.2 Å². The van der Waals surface area contributed by atoms with Crippen LogP contribution in [0.4, 0.5) is 0 Å². The highest BCUT2D eigenvalue weighted by Crippen LogP contribution is 2.35. The molecule has 2 aliphatic rings. The molecule has 4 aromatic rings. The van der Waals surface area contributed by atoms with E-state index in [0.29, 0.717) is 39.5 Å². The normalized spacial score (nSPS) is 16.3. The number of ether oxygens (including phenoxy) is 2. The van der Waals surface area contributed by atoms with Gasteiger partial charge in [-0.2, -0.15) is 0 Å². The molecule has 2 aliphatic heterocycles. The molecule has 13 heteroatoms. The molecule has 5 N–H and O–H groups in total. The van der Waals surface area contributed by atoms with Gasteiger partial charge < -0.3 is 44.2 Å². The van der Waals surface area contributed by atoms with Crippen LogP contribution in [0.3, 0.4) is 0 Å². The van der Waals surface area contributed by atoms with Crippen molar-refractivity contribution < 1.29 is 53.7 Å². The Hall–Kier alpha value is -4.81. The predicted octanol–water partition coefficient (Wildman–Crippen LogP) is 4.06. The summed E-state index contributed by atoms with van der Waals surface area (Å²) in [6, 6.07) is 20.9.